The van der Waals surface area contributed by atoms with Crippen LogP contribution in [0.2, 0.25) is 5.02 Å². The lowest BCUT2D eigenvalue weighted by molar-refractivity contribution is 0.307. The van der Waals surface area contributed by atoms with Crippen LogP contribution in [-0.2, 0) is 0 Å². The van der Waals surface area contributed by atoms with Gasteiger partial charge in [0, 0.05) is 21.1 Å². The lowest BCUT2D eigenvalue weighted by atomic mass is 9.75. The summed E-state index contributed by atoms with van der Waals surface area (Å²) in [6.45, 7) is 0. The van der Waals surface area contributed by atoms with E-state index in [0.29, 0.717) is 17.1 Å². The van der Waals surface area contributed by atoms with Gasteiger partial charge in [-0.1, -0.05) is 35.1 Å². The Bertz CT molecular complexity index is 781. The van der Waals surface area contributed by atoms with Crippen molar-refractivity contribution in [3.05, 3.63) is 49.4 Å². The zero-order valence-electron chi connectivity index (χ0n) is 11.9. The number of hydrogen-bond acceptors (Lipinski definition) is 3. The van der Waals surface area contributed by atoms with Gasteiger partial charge in [-0.05, 0) is 54.7 Å². The van der Waals surface area contributed by atoms with Crippen molar-refractivity contribution in [2.75, 3.05) is 0 Å². The molecular weight excluding hydrogens is 334 g/mol. The first kappa shape index (κ1) is 13.7. The van der Waals surface area contributed by atoms with Crippen molar-refractivity contribution >= 4 is 34.7 Å². The second-order valence-corrected chi connectivity index (χ2v) is 9.37. The molecular formula is C17H16ClNOS2. The number of thiazole rings is 1. The standard InChI is InChI=1S/C17H16ClNOS2/c18-11-5-3-8(4-6-11)12-13-9-1-2-10(7-9)14(13)21-16-15(12)22-17(20)19-16/h3-6,9-10,12-14H,1-2,7H2,(H,19,20)/t9-,10-,12+,13+,14+/m0/s1. The summed E-state index contributed by atoms with van der Waals surface area (Å²) in [5.41, 5.74) is 1.32. The Morgan fingerprint density at radius 3 is 2.73 bits per heavy atom. The molecule has 1 aromatic heterocycles. The molecule has 0 unspecified atom stereocenters. The first-order valence-electron chi connectivity index (χ1n) is 7.86. The molecule has 0 spiro atoms. The zero-order valence-corrected chi connectivity index (χ0v) is 14.3. The van der Waals surface area contributed by atoms with Crippen molar-refractivity contribution in [3.63, 3.8) is 0 Å². The number of nitrogens with one attached hydrogen (secondary N) is 1. The highest BCUT2D eigenvalue weighted by atomic mass is 35.5. The number of benzene rings is 1. The van der Waals surface area contributed by atoms with Gasteiger partial charge in [-0.3, -0.25) is 4.79 Å². The van der Waals surface area contributed by atoms with Crippen molar-refractivity contribution in [1.29, 1.82) is 0 Å². The zero-order chi connectivity index (χ0) is 14.8. The Hall–Kier alpha value is -0.710. The van der Waals surface area contributed by atoms with E-state index in [1.165, 1.54) is 41.0 Å². The fourth-order valence-electron chi connectivity index (χ4n) is 4.89. The van der Waals surface area contributed by atoms with Crippen LogP contribution in [0.5, 0.6) is 0 Å². The maximum absolute atomic E-state index is 11.9. The van der Waals surface area contributed by atoms with E-state index in [4.69, 9.17) is 11.6 Å². The average molecular weight is 350 g/mol. The average Bonchev–Trinajstić information content (AvgIpc) is 3.19. The summed E-state index contributed by atoms with van der Waals surface area (Å²) >= 11 is 9.42. The van der Waals surface area contributed by atoms with E-state index < -0.39 is 0 Å². The molecule has 114 valence electrons. The van der Waals surface area contributed by atoms with Crippen LogP contribution >= 0.6 is 34.7 Å². The second-order valence-electron chi connectivity index (χ2n) is 6.73. The molecule has 1 aliphatic heterocycles. The second kappa shape index (κ2) is 4.89. The number of H-pyrrole nitrogens is 1. The van der Waals surface area contributed by atoms with Gasteiger partial charge < -0.3 is 4.98 Å². The molecule has 5 rings (SSSR count). The van der Waals surface area contributed by atoms with Gasteiger partial charge in [0.05, 0.1) is 5.03 Å². The van der Waals surface area contributed by atoms with Crippen LogP contribution in [0.4, 0.5) is 0 Å². The van der Waals surface area contributed by atoms with Crippen molar-refractivity contribution < 1.29 is 0 Å². The van der Waals surface area contributed by atoms with Crippen molar-refractivity contribution in [1.82, 2.24) is 4.98 Å². The lowest BCUT2D eigenvalue weighted by Crippen LogP contribution is -2.33. The largest absolute Gasteiger partial charge is 0.307 e. The molecule has 2 saturated carbocycles. The minimum Gasteiger partial charge on any atom is -0.307 e. The summed E-state index contributed by atoms with van der Waals surface area (Å²) in [6.07, 6.45) is 4.12. The number of fused-ring (bicyclic) bond motifs is 6. The Morgan fingerprint density at radius 2 is 1.91 bits per heavy atom. The molecule has 2 heterocycles. The molecule has 2 aromatic rings. The van der Waals surface area contributed by atoms with E-state index in [1.807, 2.05) is 23.9 Å². The molecule has 2 bridgehead atoms. The van der Waals surface area contributed by atoms with Gasteiger partial charge in [0.2, 0.25) is 0 Å². The van der Waals surface area contributed by atoms with Crippen LogP contribution in [0.25, 0.3) is 0 Å². The van der Waals surface area contributed by atoms with Gasteiger partial charge in [-0.25, -0.2) is 0 Å². The van der Waals surface area contributed by atoms with Gasteiger partial charge in [0.1, 0.15) is 0 Å². The topological polar surface area (TPSA) is 32.9 Å². The summed E-state index contributed by atoms with van der Waals surface area (Å²) in [4.78, 5) is 16.3. The molecule has 2 fully saturated rings. The van der Waals surface area contributed by atoms with Crippen LogP contribution in [0.1, 0.15) is 35.6 Å². The Labute approximate surface area is 142 Å². The molecule has 1 N–H and O–H groups in total. The number of rotatable bonds is 1. The molecule has 0 radical (unpaired) electrons. The van der Waals surface area contributed by atoms with Crippen LogP contribution in [-0.4, -0.2) is 10.2 Å². The maximum Gasteiger partial charge on any atom is 0.305 e. The monoisotopic (exact) mass is 349 g/mol. The molecule has 1 aromatic carbocycles. The Kier molecular flexibility index (Phi) is 3.05. The van der Waals surface area contributed by atoms with Gasteiger partial charge in [0.25, 0.3) is 0 Å². The highest BCUT2D eigenvalue weighted by molar-refractivity contribution is 8.00. The number of halogens is 1. The summed E-state index contributed by atoms with van der Waals surface area (Å²) in [5.74, 6) is 2.72. The van der Waals surface area contributed by atoms with E-state index in [0.717, 1.165) is 21.9 Å². The van der Waals surface area contributed by atoms with Gasteiger partial charge in [0.15, 0.2) is 0 Å². The summed E-state index contributed by atoms with van der Waals surface area (Å²) in [5, 5.41) is 2.59. The number of aromatic amines is 1. The third-order valence-electron chi connectivity index (χ3n) is 5.69. The molecule has 22 heavy (non-hydrogen) atoms. The lowest BCUT2D eigenvalue weighted by Gasteiger charge is -2.40. The third kappa shape index (κ3) is 1.90. The first-order chi connectivity index (χ1) is 10.7. The molecule has 2 nitrogen and oxygen atoms in total. The molecule has 5 heteroatoms. The first-order valence-corrected chi connectivity index (χ1v) is 9.93. The molecule has 0 saturated heterocycles. The van der Waals surface area contributed by atoms with Crippen LogP contribution in [0.15, 0.2) is 34.1 Å². The molecule has 3 aliphatic rings. The molecule has 0 amide bonds. The van der Waals surface area contributed by atoms with Crippen LogP contribution < -0.4 is 4.87 Å². The van der Waals surface area contributed by atoms with Crippen molar-refractivity contribution in [3.8, 4) is 0 Å². The summed E-state index contributed by atoms with van der Waals surface area (Å²) in [7, 11) is 0. The fraction of sp³-hybridized carbons (Fsp3) is 0.471. The van der Waals surface area contributed by atoms with E-state index in [-0.39, 0.29) is 4.87 Å². The smallest absolute Gasteiger partial charge is 0.305 e. The molecule has 5 atom stereocenters. The highest BCUT2D eigenvalue weighted by Gasteiger charge is 2.54. The van der Waals surface area contributed by atoms with Crippen LogP contribution in [0, 0.1) is 17.8 Å². The normalized spacial score (nSPS) is 35.4. The van der Waals surface area contributed by atoms with Gasteiger partial charge >= 0.3 is 4.87 Å². The van der Waals surface area contributed by atoms with Crippen molar-refractivity contribution in [2.45, 2.75) is 35.5 Å². The molecule has 2 aliphatic carbocycles. The van der Waals surface area contributed by atoms with E-state index >= 15 is 0 Å². The SMILES string of the molecule is O=c1[nH]c2c(s1)[C@H](c1ccc(Cl)cc1)[C@H]1[C@H]3CC[C@@H](C3)[C@H]1S2. The van der Waals surface area contributed by atoms with E-state index in [2.05, 4.69) is 17.1 Å². The minimum absolute atomic E-state index is 0.0868. The van der Waals surface area contributed by atoms with Gasteiger partial charge in [-0.2, -0.15) is 0 Å². The van der Waals surface area contributed by atoms with E-state index in [1.54, 1.807) is 0 Å². The third-order valence-corrected chi connectivity index (χ3v) is 8.57. The maximum atomic E-state index is 11.9. The highest BCUT2D eigenvalue weighted by Crippen LogP contribution is 2.63. The minimum atomic E-state index is 0.0868. The number of aromatic nitrogens is 1. The summed E-state index contributed by atoms with van der Waals surface area (Å²) in [6, 6.07) is 8.27. The summed E-state index contributed by atoms with van der Waals surface area (Å²) < 4.78 is 0. The fourth-order valence-corrected chi connectivity index (χ4v) is 7.91. The predicted octanol–water partition coefficient (Wildman–Crippen LogP) is 4.74. The van der Waals surface area contributed by atoms with E-state index in [9.17, 15) is 4.79 Å². The van der Waals surface area contributed by atoms with Crippen LogP contribution in [0.3, 0.4) is 0 Å². The quantitative estimate of drug-likeness (QED) is 0.806. The predicted molar refractivity (Wildman–Crippen MR) is 92.2 cm³/mol. The van der Waals surface area contributed by atoms with Gasteiger partial charge in [-0.15, -0.1) is 11.8 Å². The number of thioether (sulfide) groups is 1. The Morgan fingerprint density at radius 1 is 1.14 bits per heavy atom. The van der Waals surface area contributed by atoms with Crippen molar-refractivity contribution in [2.24, 2.45) is 17.8 Å². The Balaban J connectivity index is 1.68. The number of hydrogen-bond donors (Lipinski definition) is 1.